The number of nitrogens with one attached hydrogen (secondary N) is 1. The molecule has 4 atom stereocenters. The smallest absolute Gasteiger partial charge is 0.381 e. The van der Waals surface area contributed by atoms with Crippen molar-refractivity contribution < 1.29 is 29.7 Å². The van der Waals surface area contributed by atoms with Crippen molar-refractivity contribution in [3.8, 4) is 0 Å². The molecule has 0 aromatic carbocycles. The molecule has 1 aliphatic heterocycles. The van der Waals surface area contributed by atoms with Crippen molar-refractivity contribution >= 4 is 11.8 Å². The van der Waals surface area contributed by atoms with Crippen LogP contribution in [-0.2, 0) is 9.57 Å². The molecule has 0 amide bonds. The zero-order valence-electron chi connectivity index (χ0n) is 14.2. The Hall–Kier alpha value is -2.86. The Labute approximate surface area is 152 Å². The van der Waals surface area contributed by atoms with Crippen molar-refractivity contribution in [2.45, 2.75) is 31.5 Å². The number of rotatable bonds is 5. The number of aliphatic hydroxyl groups excluding tert-OH is 3. The van der Waals surface area contributed by atoms with E-state index >= 15 is 0 Å². The van der Waals surface area contributed by atoms with Gasteiger partial charge in [-0.2, -0.15) is 10.5 Å². The average molecular weight is 378 g/mol. The summed E-state index contributed by atoms with van der Waals surface area (Å²) in [4.78, 5) is 36.4. The number of pyridine rings is 1. The number of carbonyl (C=O) groups excluding carboxylic acids is 1. The average Bonchev–Trinajstić information content (AvgIpc) is 2.95. The Balaban J connectivity index is 1.67. The Bertz CT molecular complexity index is 870. The van der Waals surface area contributed by atoms with E-state index in [1.807, 2.05) is 6.92 Å². The molecule has 11 heteroatoms. The third-order valence-electron chi connectivity index (χ3n) is 3.99. The summed E-state index contributed by atoms with van der Waals surface area (Å²) in [7, 11) is 0. The van der Waals surface area contributed by atoms with Crippen LogP contribution >= 0.6 is 0 Å². The lowest BCUT2D eigenvalue weighted by atomic mass is 10.1. The largest absolute Gasteiger partial charge is 0.394 e. The van der Waals surface area contributed by atoms with Gasteiger partial charge in [-0.1, -0.05) is 6.07 Å². The first kappa shape index (κ1) is 18.9. The van der Waals surface area contributed by atoms with Gasteiger partial charge in [-0.05, 0) is 18.6 Å². The molecule has 3 heterocycles. The van der Waals surface area contributed by atoms with Crippen LogP contribution in [0.1, 0.15) is 22.3 Å². The van der Waals surface area contributed by atoms with Crippen LogP contribution in [0.2, 0.25) is 0 Å². The third kappa shape index (κ3) is 3.95. The molecule has 0 unspecified atom stereocenters. The number of nitrogens with zero attached hydrogens (tertiary/aromatic N) is 3. The van der Waals surface area contributed by atoms with E-state index in [4.69, 9.17) is 14.7 Å². The molecule has 0 bridgehead atoms. The topological polar surface area (TPSA) is 156 Å². The molecule has 4 N–H and O–H groups in total. The van der Waals surface area contributed by atoms with Crippen LogP contribution in [0.4, 0.5) is 5.82 Å². The predicted octanol–water partition coefficient (Wildman–Crippen LogP) is -1.26. The molecule has 2 aromatic heterocycles. The van der Waals surface area contributed by atoms with E-state index in [1.54, 1.807) is 6.07 Å². The summed E-state index contributed by atoms with van der Waals surface area (Å²) in [5.74, 6) is -0.812. The van der Waals surface area contributed by atoms with Crippen LogP contribution in [-0.4, -0.2) is 60.7 Å². The lowest BCUT2D eigenvalue weighted by Crippen LogP contribution is -2.36. The normalized spacial score (nSPS) is 24.6. The first-order valence-electron chi connectivity index (χ1n) is 8.02. The third-order valence-corrected chi connectivity index (χ3v) is 3.99. The standard InChI is InChI=1S/C16H18N4O7/c1-8-2-3-9(17-6-8)15(24)27-19-11-4-5-20(16(25)18-11)14-13(23)12(22)10(7-21)26-14/h2-6,10,12-14,21-23H,7H2,1H3,(H,18,19,25)/t10-,12-,13-,14-/m1/s1. The van der Waals surface area contributed by atoms with E-state index < -0.39 is 42.8 Å². The molecular weight excluding hydrogens is 360 g/mol. The van der Waals surface area contributed by atoms with E-state index in [2.05, 4.69) is 15.4 Å². The summed E-state index contributed by atoms with van der Waals surface area (Å²) in [6.07, 6.45) is -2.21. The lowest BCUT2D eigenvalue weighted by molar-refractivity contribution is -0.0549. The number of aryl methyl sites for hydroxylation is 1. The van der Waals surface area contributed by atoms with Gasteiger partial charge in [0, 0.05) is 18.5 Å². The summed E-state index contributed by atoms with van der Waals surface area (Å²) in [5.41, 5.74) is 2.39. The summed E-state index contributed by atoms with van der Waals surface area (Å²) in [5, 5.41) is 28.8. The minimum atomic E-state index is -1.41. The summed E-state index contributed by atoms with van der Waals surface area (Å²) < 4.78 is 6.22. The van der Waals surface area contributed by atoms with Crippen molar-refractivity contribution in [1.82, 2.24) is 14.5 Å². The van der Waals surface area contributed by atoms with Gasteiger partial charge in [0.25, 0.3) is 0 Å². The van der Waals surface area contributed by atoms with Gasteiger partial charge < -0.3 is 24.9 Å². The Kier molecular flexibility index (Phi) is 5.46. The van der Waals surface area contributed by atoms with E-state index in [0.29, 0.717) is 0 Å². The number of ether oxygens (including phenoxy) is 1. The van der Waals surface area contributed by atoms with Gasteiger partial charge in [-0.25, -0.2) is 14.6 Å². The molecule has 1 fully saturated rings. The van der Waals surface area contributed by atoms with Crippen LogP contribution in [0.15, 0.2) is 35.4 Å². The second kappa shape index (κ2) is 7.80. The number of carbonyl (C=O) groups is 1. The van der Waals surface area contributed by atoms with Gasteiger partial charge in [-0.3, -0.25) is 4.57 Å². The van der Waals surface area contributed by atoms with Crippen LogP contribution in [0.5, 0.6) is 0 Å². The maximum Gasteiger partial charge on any atom is 0.381 e. The van der Waals surface area contributed by atoms with Gasteiger partial charge >= 0.3 is 11.7 Å². The molecule has 0 spiro atoms. The van der Waals surface area contributed by atoms with E-state index in [0.717, 1.165) is 10.1 Å². The Morgan fingerprint density at radius 3 is 2.70 bits per heavy atom. The Morgan fingerprint density at radius 2 is 2.11 bits per heavy atom. The highest BCUT2D eigenvalue weighted by atomic mass is 16.7. The van der Waals surface area contributed by atoms with Gasteiger partial charge in [0.1, 0.15) is 18.3 Å². The second-order valence-corrected chi connectivity index (χ2v) is 5.94. The zero-order chi connectivity index (χ0) is 19.6. The fraction of sp³-hybridized carbons (Fsp3) is 0.375. The molecule has 0 radical (unpaired) electrons. The quantitative estimate of drug-likeness (QED) is 0.463. The molecule has 144 valence electrons. The molecule has 1 saturated heterocycles. The fourth-order valence-electron chi connectivity index (χ4n) is 2.51. The zero-order valence-corrected chi connectivity index (χ0v) is 14.2. The highest BCUT2D eigenvalue weighted by Crippen LogP contribution is 2.28. The van der Waals surface area contributed by atoms with Gasteiger partial charge in [0.15, 0.2) is 17.7 Å². The van der Waals surface area contributed by atoms with Crippen LogP contribution in [0.25, 0.3) is 0 Å². The van der Waals surface area contributed by atoms with Crippen molar-refractivity contribution in [2.75, 3.05) is 12.1 Å². The number of aromatic nitrogens is 3. The van der Waals surface area contributed by atoms with E-state index in [-0.39, 0.29) is 11.5 Å². The molecule has 1 aliphatic rings. The number of aliphatic hydroxyl groups is 3. The molecule has 11 nitrogen and oxygen atoms in total. The maximum absolute atomic E-state index is 12.2. The van der Waals surface area contributed by atoms with Crippen LogP contribution in [0, 0.1) is 6.92 Å². The molecular formula is C16H18N4O7. The van der Waals surface area contributed by atoms with Gasteiger partial charge in [0.2, 0.25) is 0 Å². The summed E-state index contributed by atoms with van der Waals surface area (Å²) in [6, 6.07) is 4.50. The minimum Gasteiger partial charge on any atom is -0.394 e. The summed E-state index contributed by atoms with van der Waals surface area (Å²) in [6.45, 7) is 1.31. The molecule has 3 rings (SSSR count). The molecule has 0 saturated carbocycles. The molecule has 2 aromatic rings. The van der Waals surface area contributed by atoms with Crippen molar-refractivity contribution in [2.24, 2.45) is 0 Å². The second-order valence-electron chi connectivity index (χ2n) is 5.94. The monoisotopic (exact) mass is 378 g/mol. The van der Waals surface area contributed by atoms with Gasteiger partial charge in [-0.15, -0.1) is 0 Å². The lowest BCUT2D eigenvalue weighted by Gasteiger charge is -2.17. The minimum absolute atomic E-state index is 0.0524. The first-order valence-corrected chi connectivity index (χ1v) is 8.02. The van der Waals surface area contributed by atoms with Crippen molar-refractivity contribution in [1.29, 1.82) is 0 Å². The molecule has 0 aliphatic carbocycles. The SMILES string of the molecule is Cc1ccc(C(=O)ONc2ccn([C@@H]3O[C@H](CO)[C@@H](O)[C@H]3O)c(=O)n2)nc1. The van der Waals surface area contributed by atoms with Crippen molar-refractivity contribution in [3.63, 3.8) is 0 Å². The maximum atomic E-state index is 12.2. The van der Waals surface area contributed by atoms with Crippen LogP contribution < -0.4 is 11.2 Å². The highest BCUT2D eigenvalue weighted by molar-refractivity contribution is 5.87. The van der Waals surface area contributed by atoms with Crippen molar-refractivity contribution in [3.05, 3.63) is 52.3 Å². The number of anilines is 1. The van der Waals surface area contributed by atoms with E-state index in [9.17, 15) is 19.8 Å². The Morgan fingerprint density at radius 1 is 1.33 bits per heavy atom. The number of hydrogen-bond donors (Lipinski definition) is 4. The summed E-state index contributed by atoms with van der Waals surface area (Å²) >= 11 is 0. The molecule has 27 heavy (non-hydrogen) atoms. The number of hydrogen-bond acceptors (Lipinski definition) is 10. The van der Waals surface area contributed by atoms with Gasteiger partial charge in [0.05, 0.1) is 6.61 Å². The first-order chi connectivity index (χ1) is 12.9. The fourth-order valence-corrected chi connectivity index (χ4v) is 2.51. The highest BCUT2D eigenvalue weighted by Gasteiger charge is 2.43. The van der Waals surface area contributed by atoms with E-state index in [1.165, 1.54) is 24.5 Å². The predicted molar refractivity (Wildman–Crippen MR) is 89.5 cm³/mol. The van der Waals surface area contributed by atoms with Crippen LogP contribution in [0.3, 0.4) is 0 Å².